The number of rotatable bonds is 4. The minimum Gasteiger partial charge on any atom is -0.497 e. The summed E-state index contributed by atoms with van der Waals surface area (Å²) in [6.45, 7) is 0. The van der Waals surface area contributed by atoms with Crippen LogP contribution in [0.4, 0.5) is 0 Å². The van der Waals surface area contributed by atoms with Gasteiger partial charge in [0.2, 0.25) is 0 Å². The SMILES string of the molecule is COc1ccc(/C=c2\sc3n(c2=O)[C@@H](c2ccccc2OC)C2=C(N=3)c3ccccc3CC2)cc1. The van der Waals surface area contributed by atoms with Crippen molar-refractivity contribution < 1.29 is 9.47 Å². The van der Waals surface area contributed by atoms with E-state index in [1.54, 1.807) is 14.2 Å². The molecular weight excluding hydrogens is 456 g/mol. The zero-order valence-corrected chi connectivity index (χ0v) is 20.3. The molecule has 5 nitrogen and oxygen atoms in total. The Hall–Kier alpha value is -3.90. The molecule has 0 amide bonds. The van der Waals surface area contributed by atoms with Gasteiger partial charge >= 0.3 is 0 Å². The normalized spacial score (nSPS) is 16.7. The van der Waals surface area contributed by atoms with Crippen molar-refractivity contribution in [2.75, 3.05) is 14.2 Å². The summed E-state index contributed by atoms with van der Waals surface area (Å²) in [5.41, 5.74) is 6.49. The van der Waals surface area contributed by atoms with Crippen molar-refractivity contribution >= 4 is 23.1 Å². The number of hydrogen-bond donors (Lipinski definition) is 0. The third-order valence-corrected chi connectivity index (χ3v) is 7.70. The van der Waals surface area contributed by atoms with Gasteiger partial charge in [-0.05, 0) is 53.8 Å². The van der Waals surface area contributed by atoms with Crippen molar-refractivity contribution in [3.8, 4) is 11.5 Å². The van der Waals surface area contributed by atoms with E-state index < -0.39 is 0 Å². The zero-order valence-electron chi connectivity index (χ0n) is 19.5. The lowest BCUT2D eigenvalue weighted by Gasteiger charge is -2.31. The Balaban J connectivity index is 1.61. The highest BCUT2D eigenvalue weighted by atomic mass is 32.1. The molecule has 3 aromatic carbocycles. The summed E-state index contributed by atoms with van der Waals surface area (Å²) in [5.74, 6) is 1.56. The molecule has 0 saturated heterocycles. The van der Waals surface area contributed by atoms with Gasteiger partial charge < -0.3 is 9.47 Å². The Morgan fingerprint density at radius 2 is 1.71 bits per heavy atom. The van der Waals surface area contributed by atoms with Crippen LogP contribution < -0.4 is 24.4 Å². The zero-order chi connectivity index (χ0) is 23.9. The number of thiazole rings is 1. The summed E-state index contributed by atoms with van der Waals surface area (Å²) in [5, 5.41) is 0. The molecule has 0 unspecified atom stereocenters. The lowest BCUT2D eigenvalue weighted by molar-refractivity contribution is 0.402. The van der Waals surface area contributed by atoms with Gasteiger partial charge in [0.25, 0.3) is 5.56 Å². The molecule has 0 bridgehead atoms. The third kappa shape index (κ3) is 3.61. The van der Waals surface area contributed by atoms with Crippen LogP contribution in [0.1, 0.15) is 34.7 Å². The molecule has 1 aromatic heterocycles. The Morgan fingerprint density at radius 1 is 0.943 bits per heavy atom. The first kappa shape index (κ1) is 21.6. The second kappa shape index (κ2) is 8.71. The average Bonchev–Trinajstić information content (AvgIpc) is 3.22. The highest BCUT2D eigenvalue weighted by Gasteiger charge is 2.33. The number of aromatic nitrogens is 1. The van der Waals surface area contributed by atoms with Crippen LogP contribution >= 0.6 is 11.3 Å². The fourth-order valence-corrected chi connectivity index (χ4v) is 6.04. The Kier molecular flexibility index (Phi) is 5.38. The number of methoxy groups -OCH3 is 2. The summed E-state index contributed by atoms with van der Waals surface area (Å²) >= 11 is 1.43. The fraction of sp³-hybridized carbons (Fsp3) is 0.172. The summed E-state index contributed by atoms with van der Waals surface area (Å²) in [6, 6.07) is 23.9. The van der Waals surface area contributed by atoms with Crippen LogP contribution in [0, 0.1) is 0 Å². The van der Waals surface area contributed by atoms with Gasteiger partial charge in [0.1, 0.15) is 11.5 Å². The Morgan fingerprint density at radius 3 is 2.51 bits per heavy atom. The molecule has 6 heteroatoms. The van der Waals surface area contributed by atoms with Gasteiger partial charge in [-0.25, -0.2) is 4.99 Å². The second-order valence-corrected chi connectivity index (χ2v) is 9.64. The smallest absolute Gasteiger partial charge is 0.271 e. The third-order valence-electron chi connectivity index (χ3n) is 6.72. The summed E-state index contributed by atoms with van der Waals surface area (Å²) < 4.78 is 13.5. The highest BCUT2D eigenvalue weighted by Crippen LogP contribution is 2.43. The van der Waals surface area contributed by atoms with E-state index in [2.05, 4.69) is 30.3 Å². The van der Waals surface area contributed by atoms with Crippen molar-refractivity contribution in [3.63, 3.8) is 0 Å². The molecule has 0 saturated carbocycles. The summed E-state index contributed by atoms with van der Waals surface area (Å²) in [7, 11) is 3.32. The molecule has 0 N–H and O–H groups in total. The first-order valence-corrected chi connectivity index (χ1v) is 12.4. The molecule has 1 aliphatic heterocycles. The first-order chi connectivity index (χ1) is 17.2. The largest absolute Gasteiger partial charge is 0.497 e. The number of para-hydroxylation sites is 1. The predicted molar refractivity (Wildman–Crippen MR) is 139 cm³/mol. The minimum absolute atomic E-state index is 0.0362. The maximum Gasteiger partial charge on any atom is 0.271 e. The number of ether oxygens (including phenoxy) is 2. The van der Waals surface area contributed by atoms with Crippen molar-refractivity contribution in [3.05, 3.63) is 120 Å². The van der Waals surface area contributed by atoms with E-state index in [0.717, 1.165) is 52.3 Å². The molecule has 35 heavy (non-hydrogen) atoms. The molecule has 174 valence electrons. The first-order valence-electron chi connectivity index (χ1n) is 11.6. The lowest BCUT2D eigenvalue weighted by atomic mass is 9.83. The van der Waals surface area contributed by atoms with E-state index in [4.69, 9.17) is 14.5 Å². The molecule has 4 aromatic rings. The van der Waals surface area contributed by atoms with E-state index >= 15 is 0 Å². The van der Waals surface area contributed by atoms with Crippen LogP contribution in [0.3, 0.4) is 0 Å². The van der Waals surface area contributed by atoms with Crippen LogP contribution in [0.5, 0.6) is 11.5 Å². The second-order valence-electron chi connectivity index (χ2n) is 8.63. The van der Waals surface area contributed by atoms with Crippen LogP contribution in [0.25, 0.3) is 11.8 Å². The monoisotopic (exact) mass is 480 g/mol. The van der Waals surface area contributed by atoms with E-state index in [-0.39, 0.29) is 11.6 Å². The number of nitrogens with zero attached hydrogens (tertiary/aromatic N) is 2. The topological polar surface area (TPSA) is 52.8 Å². The van der Waals surface area contributed by atoms with Gasteiger partial charge in [-0.15, -0.1) is 0 Å². The Labute approximate surface area is 206 Å². The van der Waals surface area contributed by atoms with Gasteiger partial charge in [-0.2, -0.15) is 0 Å². The number of benzene rings is 3. The molecule has 6 rings (SSSR count). The maximum absolute atomic E-state index is 13.8. The number of allylic oxidation sites excluding steroid dienone is 1. The molecule has 1 atom stereocenters. The van der Waals surface area contributed by atoms with Gasteiger partial charge in [-0.3, -0.25) is 9.36 Å². The Bertz CT molecular complexity index is 1640. The van der Waals surface area contributed by atoms with Gasteiger partial charge in [0, 0.05) is 11.1 Å². The molecule has 2 heterocycles. The quantitative estimate of drug-likeness (QED) is 0.437. The highest BCUT2D eigenvalue weighted by molar-refractivity contribution is 7.07. The molecule has 0 spiro atoms. The average molecular weight is 481 g/mol. The minimum atomic E-state index is -0.260. The maximum atomic E-state index is 13.8. The summed E-state index contributed by atoms with van der Waals surface area (Å²) in [6.07, 6.45) is 3.70. The van der Waals surface area contributed by atoms with Crippen LogP contribution in [0.15, 0.2) is 88.2 Å². The van der Waals surface area contributed by atoms with Crippen LogP contribution in [-0.4, -0.2) is 18.8 Å². The van der Waals surface area contributed by atoms with E-state index in [0.29, 0.717) is 9.33 Å². The van der Waals surface area contributed by atoms with Gasteiger partial charge in [-0.1, -0.05) is 65.9 Å². The predicted octanol–water partition coefficient (Wildman–Crippen LogP) is 4.34. The van der Waals surface area contributed by atoms with Gasteiger partial charge in [0.05, 0.1) is 30.5 Å². The molecule has 1 aliphatic carbocycles. The van der Waals surface area contributed by atoms with Crippen molar-refractivity contribution in [2.45, 2.75) is 18.9 Å². The lowest BCUT2D eigenvalue weighted by Crippen LogP contribution is -2.38. The standard InChI is InChI=1S/C29H24N2O3S/c1-33-20-14-11-18(12-15-20)17-25-28(32)31-27(22-9-5-6-10-24(22)34-2)23-16-13-19-7-3-4-8-21(19)26(23)30-29(31)35-25/h3-12,14-15,17,27H,13,16H2,1-2H3/b25-17-/t27-/m0/s1. The molecule has 2 aliphatic rings. The fourth-order valence-electron chi connectivity index (χ4n) is 5.04. The van der Waals surface area contributed by atoms with E-state index in [1.807, 2.05) is 53.1 Å². The van der Waals surface area contributed by atoms with E-state index in [9.17, 15) is 4.79 Å². The van der Waals surface area contributed by atoms with Crippen LogP contribution in [-0.2, 0) is 6.42 Å². The summed E-state index contributed by atoms with van der Waals surface area (Å²) in [4.78, 5) is 19.6. The number of fused-ring (bicyclic) bond motifs is 3. The van der Waals surface area contributed by atoms with Gasteiger partial charge in [0.15, 0.2) is 4.80 Å². The molecule has 0 radical (unpaired) electrons. The van der Waals surface area contributed by atoms with Crippen molar-refractivity contribution in [1.29, 1.82) is 0 Å². The number of hydrogen-bond acceptors (Lipinski definition) is 5. The molecule has 0 fully saturated rings. The molecular formula is C29H24N2O3S. The van der Waals surface area contributed by atoms with Crippen LogP contribution in [0.2, 0.25) is 0 Å². The van der Waals surface area contributed by atoms with Crippen molar-refractivity contribution in [1.82, 2.24) is 4.57 Å². The van der Waals surface area contributed by atoms with Crippen molar-refractivity contribution in [2.24, 2.45) is 4.99 Å². The number of aryl methyl sites for hydroxylation is 1. The van der Waals surface area contributed by atoms with E-state index in [1.165, 1.54) is 16.9 Å².